The summed E-state index contributed by atoms with van der Waals surface area (Å²) < 4.78 is 0. The van der Waals surface area contributed by atoms with Crippen molar-refractivity contribution >= 4 is 0 Å². The third-order valence-corrected chi connectivity index (χ3v) is 4.62. The second-order valence-corrected chi connectivity index (χ2v) is 5.79. The van der Waals surface area contributed by atoms with Crippen molar-refractivity contribution < 1.29 is 0 Å². The van der Waals surface area contributed by atoms with Crippen LogP contribution >= 0.6 is 0 Å². The van der Waals surface area contributed by atoms with Crippen LogP contribution in [-0.4, -0.2) is 30.1 Å². The van der Waals surface area contributed by atoms with Crippen molar-refractivity contribution in [3.8, 4) is 0 Å². The van der Waals surface area contributed by atoms with Crippen molar-refractivity contribution in [2.24, 2.45) is 11.1 Å². The van der Waals surface area contributed by atoms with Gasteiger partial charge in [-0.2, -0.15) is 0 Å². The molecule has 3 rings (SSSR count). The number of rotatable bonds is 1. The molecule has 0 unspecified atom stereocenters. The van der Waals surface area contributed by atoms with Gasteiger partial charge in [-0.25, -0.2) is 0 Å². The van der Waals surface area contributed by atoms with E-state index < -0.39 is 0 Å². The van der Waals surface area contributed by atoms with Crippen LogP contribution in [0.5, 0.6) is 0 Å². The van der Waals surface area contributed by atoms with Gasteiger partial charge in [0.1, 0.15) is 0 Å². The zero-order valence-electron chi connectivity index (χ0n) is 9.04. The Balaban J connectivity index is 1.62. The molecule has 1 saturated heterocycles. The van der Waals surface area contributed by atoms with Crippen LogP contribution in [0.3, 0.4) is 0 Å². The summed E-state index contributed by atoms with van der Waals surface area (Å²) in [6.07, 6.45) is 9.74. The zero-order chi connectivity index (χ0) is 9.60. The second kappa shape index (κ2) is 3.21. The number of nitrogens with two attached hydrogens (primary N) is 1. The highest BCUT2D eigenvalue weighted by atomic mass is 15.2. The Bertz CT molecular complexity index is 214. The van der Waals surface area contributed by atoms with Crippen LogP contribution in [-0.2, 0) is 0 Å². The average molecular weight is 194 g/mol. The summed E-state index contributed by atoms with van der Waals surface area (Å²) in [5, 5.41) is 0. The lowest BCUT2D eigenvalue weighted by Gasteiger charge is -2.36. The molecule has 0 bridgehead atoms. The van der Waals surface area contributed by atoms with Crippen molar-refractivity contribution in [3.05, 3.63) is 0 Å². The molecule has 0 radical (unpaired) electrons. The molecule has 2 nitrogen and oxygen atoms in total. The Hall–Kier alpha value is -0.0800. The van der Waals surface area contributed by atoms with Crippen molar-refractivity contribution in [1.82, 2.24) is 4.90 Å². The summed E-state index contributed by atoms with van der Waals surface area (Å²) in [7, 11) is 0. The minimum absolute atomic E-state index is 0.510. The molecule has 1 spiro atoms. The van der Waals surface area contributed by atoms with Crippen molar-refractivity contribution in [2.45, 2.75) is 57.0 Å². The number of hydrogen-bond donors (Lipinski definition) is 1. The van der Waals surface area contributed by atoms with Crippen LogP contribution in [0.1, 0.15) is 44.9 Å². The summed E-state index contributed by atoms with van der Waals surface area (Å²) in [5.41, 5.74) is 6.67. The van der Waals surface area contributed by atoms with Crippen LogP contribution in [0.4, 0.5) is 0 Å². The van der Waals surface area contributed by atoms with Crippen LogP contribution in [0.2, 0.25) is 0 Å². The van der Waals surface area contributed by atoms with E-state index in [0.29, 0.717) is 11.5 Å². The highest BCUT2D eigenvalue weighted by Gasteiger charge is 2.44. The number of likely N-dealkylation sites (tertiary alicyclic amines) is 1. The molecule has 1 heterocycles. The molecule has 1 aliphatic heterocycles. The van der Waals surface area contributed by atoms with E-state index in [4.69, 9.17) is 5.73 Å². The van der Waals surface area contributed by atoms with Gasteiger partial charge in [-0.1, -0.05) is 0 Å². The summed E-state index contributed by atoms with van der Waals surface area (Å²) in [6.45, 7) is 2.77. The minimum Gasteiger partial charge on any atom is -0.328 e. The van der Waals surface area contributed by atoms with Crippen molar-refractivity contribution in [2.75, 3.05) is 13.1 Å². The SMILES string of the molecule is NC1CCC2(CC1)CCN(C1CC1)C2. The summed E-state index contributed by atoms with van der Waals surface area (Å²) in [4.78, 5) is 2.75. The summed E-state index contributed by atoms with van der Waals surface area (Å²) >= 11 is 0. The quantitative estimate of drug-likeness (QED) is 0.689. The van der Waals surface area contributed by atoms with Gasteiger partial charge < -0.3 is 5.73 Å². The highest BCUT2D eigenvalue weighted by Crippen LogP contribution is 2.46. The number of hydrogen-bond acceptors (Lipinski definition) is 2. The van der Waals surface area contributed by atoms with E-state index in [1.165, 1.54) is 58.0 Å². The fourth-order valence-corrected chi connectivity index (χ4v) is 3.38. The maximum absolute atomic E-state index is 5.98. The highest BCUT2D eigenvalue weighted by molar-refractivity contribution is 4.98. The Kier molecular flexibility index (Phi) is 2.10. The molecule has 2 heteroatoms. The second-order valence-electron chi connectivity index (χ2n) is 5.79. The molecule has 0 aromatic rings. The Morgan fingerprint density at radius 2 is 1.71 bits per heavy atom. The van der Waals surface area contributed by atoms with Gasteiger partial charge in [-0.3, -0.25) is 4.90 Å². The molecule has 80 valence electrons. The molecular formula is C12H22N2. The van der Waals surface area contributed by atoms with Crippen molar-refractivity contribution in [3.63, 3.8) is 0 Å². The Morgan fingerprint density at radius 3 is 2.36 bits per heavy atom. The van der Waals surface area contributed by atoms with E-state index in [-0.39, 0.29) is 0 Å². The van der Waals surface area contributed by atoms with E-state index in [9.17, 15) is 0 Å². The van der Waals surface area contributed by atoms with E-state index in [1.807, 2.05) is 0 Å². The maximum Gasteiger partial charge on any atom is 0.00966 e. The predicted octanol–water partition coefficient (Wildman–Crippen LogP) is 1.74. The van der Waals surface area contributed by atoms with Gasteiger partial charge in [0.2, 0.25) is 0 Å². The lowest BCUT2D eigenvalue weighted by Crippen LogP contribution is -2.36. The van der Waals surface area contributed by atoms with Crippen LogP contribution in [0, 0.1) is 5.41 Å². The summed E-state index contributed by atoms with van der Waals surface area (Å²) in [6, 6.07) is 1.49. The largest absolute Gasteiger partial charge is 0.328 e. The molecular weight excluding hydrogens is 172 g/mol. The van der Waals surface area contributed by atoms with Gasteiger partial charge in [0.05, 0.1) is 0 Å². The maximum atomic E-state index is 5.98. The molecule has 3 aliphatic rings. The van der Waals surface area contributed by atoms with Gasteiger partial charge in [-0.15, -0.1) is 0 Å². The first-order chi connectivity index (χ1) is 6.77. The van der Waals surface area contributed by atoms with E-state index in [0.717, 1.165) is 6.04 Å². The minimum atomic E-state index is 0.510. The standard InChI is InChI=1S/C12H22N2/c13-10-3-5-12(6-4-10)7-8-14(9-12)11-1-2-11/h10-11H,1-9,13H2. The molecule has 0 aromatic heterocycles. The van der Waals surface area contributed by atoms with Gasteiger partial charge in [-0.05, 0) is 56.9 Å². The first kappa shape index (κ1) is 9.17. The molecule has 3 fully saturated rings. The third-order valence-electron chi connectivity index (χ3n) is 4.62. The smallest absolute Gasteiger partial charge is 0.00966 e. The number of nitrogens with zero attached hydrogens (tertiary/aromatic N) is 1. The van der Waals surface area contributed by atoms with E-state index in [2.05, 4.69) is 4.90 Å². The van der Waals surface area contributed by atoms with Gasteiger partial charge in [0, 0.05) is 18.6 Å². The van der Waals surface area contributed by atoms with Gasteiger partial charge in [0.25, 0.3) is 0 Å². The summed E-state index contributed by atoms with van der Waals surface area (Å²) in [5.74, 6) is 0. The van der Waals surface area contributed by atoms with E-state index in [1.54, 1.807) is 0 Å². The Morgan fingerprint density at radius 1 is 1.00 bits per heavy atom. The van der Waals surface area contributed by atoms with Crippen LogP contribution in [0.25, 0.3) is 0 Å². The molecule has 0 atom stereocenters. The molecule has 2 N–H and O–H groups in total. The monoisotopic (exact) mass is 194 g/mol. The molecule has 2 saturated carbocycles. The fraction of sp³-hybridized carbons (Fsp3) is 1.00. The van der Waals surface area contributed by atoms with Crippen LogP contribution in [0.15, 0.2) is 0 Å². The average Bonchev–Trinajstić information content (AvgIpc) is 2.96. The molecule has 2 aliphatic carbocycles. The van der Waals surface area contributed by atoms with Gasteiger partial charge >= 0.3 is 0 Å². The Labute approximate surface area is 86.8 Å². The van der Waals surface area contributed by atoms with Crippen molar-refractivity contribution in [1.29, 1.82) is 0 Å². The first-order valence-electron chi connectivity index (χ1n) is 6.27. The van der Waals surface area contributed by atoms with Gasteiger partial charge in [0.15, 0.2) is 0 Å². The third kappa shape index (κ3) is 1.59. The lowest BCUT2D eigenvalue weighted by molar-refractivity contribution is 0.171. The molecule has 0 aromatic carbocycles. The fourth-order valence-electron chi connectivity index (χ4n) is 3.38. The lowest BCUT2D eigenvalue weighted by atomic mass is 9.72. The van der Waals surface area contributed by atoms with Crippen LogP contribution < -0.4 is 5.73 Å². The molecule has 14 heavy (non-hydrogen) atoms. The predicted molar refractivity (Wildman–Crippen MR) is 58.1 cm³/mol. The molecule has 0 amide bonds. The normalized spacial score (nSPS) is 44.8. The topological polar surface area (TPSA) is 29.3 Å². The zero-order valence-corrected chi connectivity index (χ0v) is 9.04. The van der Waals surface area contributed by atoms with E-state index >= 15 is 0 Å². The first-order valence-corrected chi connectivity index (χ1v) is 6.27.